The van der Waals surface area contributed by atoms with Crippen molar-refractivity contribution in [1.29, 1.82) is 0 Å². The molecule has 0 saturated carbocycles. The van der Waals surface area contributed by atoms with Gasteiger partial charge in [-0.15, -0.1) is 0 Å². The van der Waals surface area contributed by atoms with Crippen molar-refractivity contribution in [2.24, 2.45) is 10.2 Å². The van der Waals surface area contributed by atoms with E-state index in [1.165, 1.54) is 7.05 Å². The van der Waals surface area contributed by atoms with Crippen LogP contribution in [0.1, 0.15) is 5.69 Å². The molecule has 0 aromatic carbocycles. The van der Waals surface area contributed by atoms with Crippen molar-refractivity contribution < 1.29 is 25.9 Å². The second-order valence-electron chi connectivity index (χ2n) is 5.74. The van der Waals surface area contributed by atoms with Crippen molar-refractivity contribution >= 4 is 43.6 Å². The fourth-order valence-electron chi connectivity index (χ4n) is 2.11. The fourth-order valence-corrected chi connectivity index (χ4v) is 2.83. The van der Waals surface area contributed by atoms with Crippen molar-refractivity contribution in [3.05, 3.63) is 5.69 Å². The highest BCUT2D eigenvalue weighted by atomic mass is 32.2. The molecule has 166 valence electrons. The molecule has 0 saturated heterocycles. The number of rotatable bonds is 10. The maximum absolute atomic E-state index is 10.9. The Morgan fingerprint density at radius 3 is 1.93 bits per heavy atom. The molecule has 0 unspecified atom stereocenters. The van der Waals surface area contributed by atoms with E-state index in [4.69, 9.17) is 14.8 Å². The van der Waals surface area contributed by atoms with Gasteiger partial charge in [0.2, 0.25) is 11.9 Å². The van der Waals surface area contributed by atoms with Gasteiger partial charge in [-0.3, -0.25) is 9.11 Å². The van der Waals surface area contributed by atoms with E-state index in [1.54, 1.807) is 6.92 Å². The van der Waals surface area contributed by atoms with Crippen LogP contribution >= 0.6 is 0 Å². The van der Waals surface area contributed by atoms with E-state index in [2.05, 4.69) is 40.9 Å². The van der Waals surface area contributed by atoms with Crippen LogP contribution in [0.5, 0.6) is 0 Å². The maximum atomic E-state index is 10.9. The number of nitrogens with zero attached hydrogens (tertiary/aromatic N) is 7. The zero-order valence-corrected chi connectivity index (χ0v) is 17.5. The maximum Gasteiger partial charge on any atom is 0.266 e. The van der Waals surface area contributed by atoms with Gasteiger partial charge in [0.15, 0.2) is 11.5 Å². The molecule has 0 aliphatic heterocycles. The summed E-state index contributed by atoms with van der Waals surface area (Å²) in [5.74, 6) is -1.45. The summed E-state index contributed by atoms with van der Waals surface area (Å²) in [5.41, 5.74) is 6.74. The van der Waals surface area contributed by atoms with Crippen molar-refractivity contribution in [3.63, 3.8) is 0 Å². The van der Waals surface area contributed by atoms with Crippen molar-refractivity contribution in [2.45, 2.75) is 6.92 Å². The molecule has 2 heterocycles. The number of nitrogens with two attached hydrogens (primary N) is 1. The predicted molar refractivity (Wildman–Crippen MR) is 106 cm³/mol. The third-order valence-corrected chi connectivity index (χ3v) is 4.80. The second-order valence-corrected chi connectivity index (χ2v) is 8.88. The molecule has 16 nitrogen and oxygen atoms in total. The minimum absolute atomic E-state index is 0.0667. The molecule has 0 aliphatic rings. The molecule has 2 aromatic rings. The van der Waals surface area contributed by atoms with Gasteiger partial charge < -0.3 is 16.4 Å². The lowest BCUT2D eigenvalue weighted by Gasteiger charge is -2.10. The molecule has 0 aliphatic carbocycles. The number of anilines is 3. The lowest BCUT2D eigenvalue weighted by Crippen LogP contribution is -2.20. The number of aromatic nitrogens is 5. The normalized spacial score (nSPS) is 12.4. The van der Waals surface area contributed by atoms with Gasteiger partial charge in [-0.2, -0.15) is 51.8 Å². The lowest BCUT2D eigenvalue weighted by molar-refractivity contribution is 0.481. The fraction of sp³-hybridized carbons (Fsp3) is 0.500. The Morgan fingerprint density at radius 1 is 1.00 bits per heavy atom. The van der Waals surface area contributed by atoms with Crippen LogP contribution in [0.3, 0.4) is 0 Å². The van der Waals surface area contributed by atoms with Crippen LogP contribution in [0.15, 0.2) is 10.2 Å². The van der Waals surface area contributed by atoms with Crippen molar-refractivity contribution in [3.8, 4) is 5.95 Å². The number of nitrogens with one attached hydrogen (secondary N) is 2. The number of aryl methyl sites for hydroxylation is 1. The van der Waals surface area contributed by atoms with Crippen LogP contribution in [-0.4, -0.2) is 82.3 Å². The van der Waals surface area contributed by atoms with Gasteiger partial charge in [0.1, 0.15) is 0 Å². The van der Waals surface area contributed by atoms with Gasteiger partial charge in [-0.25, -0.2) is 0 Å². The first-order valence-electron chi connectivity index (χ1n) is 8.19. The summed E-state index contributed by atoms with van der Waals surface area (Å²) >= 11 is 0. The van der Waals surface area contributed by atoms with Gasteiger partial charge in [0.05, 0.1) is 17.2 Å². The van der Waals surface area contributed by atoms with E-state index in [0.717, 1.165) is 4.68 Å². The summed E-state index contributed by atoms with van der Waals surface area (Å²) in [7, 11) is -6.98. The van der Waals surface area contributed by atoms with Crippen molar-refractivity contribution in [1.82, 2.24) is 24.7 Å². The number of nitrogen functional groups attached to an aromatic ring is 1. The molecule has 0 radical (unpaired) electrons. The number of hydrogen-bond acceptors (Lipinski definition) is 13. The predicted octanol–water partition coefficient (Wildman–Crippen LogP) is -0.739. The average molecular weight is 464 g/mol. The monoisotopic (exact) mass is 464 g/mol. The summed E-state index contributed by atoms with van der Waals surface area (Å²) in [5, 5.41) is 16.9. The highest BCUT2D eigenvalue weighted by molar-refractivity contribution is 7.86. The van der Waals surface area contributed by atoms with Gasteiger partial charge in [0.25, 0.3) is 26.2 Å². The summed E-state index contributed by atoms with van der Waals surface area (Å²) < 4.78 is 62.3. The molecular weight excluding hydrogens is 444 g/mol. The third-order valence-electron chi connectivity index (χ3n) is 3.36. The standard InChI is InChI=1S/C12H20N10O6S2/c1-7-8(20-14-2)9(13)22(21-7)12-18-10(15-3-5-29(23,24)25)17-11(19-12)16-4-6-30(26,27)28/h3-6,13H2,1-2H3,(H,23,24,25)(H,26,27,28)(H2,15,16,17,18,19). The molecule has 6 N–H and O–H groups in total. The summed E-state index contributed by atoms with van der Waals surface area (Å²) in [6.45, 7) is 1.18. The number of hydrogen-bond donors (Lipinski definition) is 5. The van der Waals surface area contributed by atoms with Crippen LogP contribution in [0.2, 0.25) is 0 Å². The molecule has 2 rings (SSSR count). The summed E-state index contributed by atoms with van der Waals surface area (Å²) in [6, 6.07) is 0. The van der Waals surface area contributed by atoms with Crippen LogP contribution in [0, 0.1) is 6.92 Å². The minimum atomic E-state index is -4.22. The zero-order chi connectivity index (χ0) is 22.5. The van der Waals surface area contributed by atoms with Crippen LogP contribution < -0.4 is 16.4 Å². The Morgan fingerprint density at radius 2 is 1.50 bits per heavy atom. The smallest absolute Gasteiger partial charge is 0.266 e. The Labute approximate surface area is 171 Å². The Hall–Kier alpha value is -2.96. The molecule has 0 amide bonds. The van der Waals surface area contributed by atoms with Crippen LogP contribution in [-0.2, 0) is 20.2 Å². The quantitative estimate of drug-likeness (QED) is 0.215. The zero-order valence-electron chi connectivity index (χ0n) is 15.9. The van der Waals surface area contributed by atoms with Gasteiger partial charge in [-0.1, -0.05) is 0 Å². The summed E-state index contributed by atoms with van der Waals surface area (Å²) in [6.07, 6.45) is 0. The molecule has 0 fully saturated rings. The minimum Gasteiger partial charge on any atom is -0.382 e. The van der Waals surface area contributed by atoms with E-state index in [0.29, 0.717) is 11.4 Å². The Balaban J connectivity index is 2.39. The Kier molecular flexibility index (Phi) is 7.18. The van der Waals surface area contributed by atoms with E-state index in [-0.39, 0.29) is 36.8 Å². The first-order valence-corrected chi connectivity index (χ1v) is 11.4. The molecule has 2 aromatic heterocycles. The highest BCUT2D eigenvalue weighted by Gasteiger charge is 2.18. The first kappa shape index (κ1) is 23.3. The van der Waals surface area contributed by atoms with E-state index >= 15 is 0 Å². The summed E-state index contributed by atoms with van der Waals surface area (Å²) in [4.78, 5) is 12.1. The third kappa shape index (κ3) is 6.83. The van der Waals surface area contributed by atoms with Gasteiger partial charge >= 0.3 is 0 Å². The SMILES string of the molecule is CN=Nc1c(C)nn(-c2nc(NCCS(=O)(=O)O)nc(NCCS(=O)(=O)O)n2)c1N. The molecular formula is C12H20N10O6S2. The lowest BCUT2D eigenvalue weighted by atomic mass is 10.4. The molecule has 0 atom stereocenters. The second kappa shape index (κ2) is 9.24. The Bertz CT molecular complexity index is 1090. The van der Waals surface area contributed by atoms with Gasteiger partial charge in [-0.05, 0) is 6.92 Å². The van der Waals surface area contributed by atoms with Crippen LogP contribution in [0.4, 0.5) is 23.4 Å². The molecule has 0 bridgehead atoms. The first-order chi connectivity index (χ1) is 13.9. The van der Waals surface area contributed by atoms with E-state index in [1.807, 2.05) is 0 Å². The van der Waals surface area contributed by atoms with E-state index < -0.39 is 31.7 Å². The molecule has 0 spiro atoms. The molecule has 18 heteroatoms. The topological polar surface area (TPSA) is 240 Å². The average Bonchev–Trinajstić information content (AvgIpc) is 2.88. The van der Waals surface area contributed by atoms with Gasteiger partial charge in [0, 0.05) is 20.1 Å². The van der Waals surface area contributed by atoms with E-state index in [9.17, 15) is 16.8 Å². The van der Waals surface area contributed by atoms with Crippen molar-refractivity contribution in [2.75, 3.05) is 48.0 Å². The highest BCUT2D eigenvalue weighted by Crippen LogP contribution is 2.28. The largest absolute Gasteiger partial charge is 0.382 e. The molecule has 30 heavy (non-hydrogen) atoms. The number of azo groups is 1. The van der Waals surface area contributed by atoms with Crippen LogP contribution in [0.25, 0.3) is 5.95 Å².